The van der Waals surface area contributed by atoms with Gasteiger partial charge < -0.3 is 4.74 Å². The molecular formula is C9H6BrClN2O2S. The summed E-state index contributed by atoms with van der Waals surface area (Å²) in [5, 5.41) is 8.48. The van der Waals surface area contributed by atoms with Crippen LogP contribution in [0.3, 0.4) is 0 Å². The molecule has 0 aliphatic rings. The van der Waals surface area contributed by atoms with Crippen molar-refractivity contribution in [1.82, 2.24) is 10.2 Å². The van der Waals surface area contributed by atoms with E-state index in [0.717, 1.165) is 3.79 Å². The number of ether oxygens (including phenoxy) is 1. The molecule has 0 atom stereocenters. The first-order valence-electron chi connectivity index (χ1n) is 4.41. The van der Waals surface area contributed by atoms with Gasteiger partial charge in [-0.25, -0.2) is 4.79 Å². The molecule has 4 nitrogen and oxygen atoms in total. The predicted octanol–water partition coefficient (Wildman–Crippen LogP) is 3.28. The second kappa shape index (κ2) is 4.65. The molecule has 0 saturated carbocycles. The molecule has 0 unspecified atom stereocenters. The van der Waals surface area contributed by atoms with E-state index in [1.165, 1.54) is 11.3 Å². The van der Waals surface area contributed by atoms with Crippen LogP contribution in [-0.2, 0) is 4.74 Å². The molecule has 2 aromatic rings. The highest BCUT2D eigenvalue weighted by molar-refractivity contribution is 9.11. The van der Waals surface area contributed by atoms with Gasteiger partial charge in [0.25, 0.3) is 0 Å². The van der Waals surface area contributed by atoms with Gasteiger partial charge >= 0.3 is 5.97 Å². The van der Waals surface area contributed by atoms with E-state index < -0.39 is 5.97 Å². The van der Waals surface area contributed by atoms with Crippen LogP contribution in [0.25, 0.3) is 10.1 Å². The summed E-state index contributed by atoms with van der Waals surface area (Å²) < 4.78 is 6.44. The smallest absolute Gasteiger partial charge is 0.360 e. The fraction of sp³-hybridized carbons (Fsp3) is 0.222. The van der Waals surface area contributed by atoms with E-state index in [2.05, 4.69) is 26.1 Å². The third kappa shape index (κ3) is 2.05. The topological polar surface area (TPSA) is 52.1 Å². The summed E-state index contributed by atoms with van der Waals surface area (Å²) in [6.45, 7) is 2.04. The van der Waals surface area contributed by atoms with Crippen molar-refractivity contribution in [1.29, 1.82) is 0 Å². The van der Waals surface area contributed by atoms with Crippen LogP contribution in [0.4, 0.5) is 0 Å². The Morgan fingerprint density at radius 2 is 2.38 bits per heavy atom. The minimum absolute atomic E-state index is 0.206. The summed E-state index contributed by atoms with van der Waals surface area (Å²) in [6.07, 6.45) is 0. The van der Waals surface area contributed by atoms with Gasteiger partial charge in [0.15, 0.2) is 10.8 Å². The summed E-state index contributed by atoms with van der Waals surface area (Å²) >= 11 is 10.6. The van der Waals surface area contributed by atoms with E-state index >= 15 is 0 Å². The first-order valence-corrected chi connectivity index (χ1v) is 6.40. The molecule has 84 valence electrons. The Morgan fingerprint density at radius 3 is 3.06 bits per heavy atom. The molecule has 0 saturated heterocycles. The molecule has 0 aliphatic heterocycles. The van der Waals surface area contributed by atoms with Gasteiger partial charge in [0.1, 0.15) is 0 Å². The number of hydrogen-bond acceptors (Lipinski definition) is 5. The monoisotopic (exact) mass is 320 g/mol. The lowest BCUT2D eigenvalue weighted by molar-refractivity contribution is 0.0521. The van der Waals surface area contributed by atoms with Gasteiger partial charge in [-0.1, -0.05) is 11.6 Å². The first kappa shape index (κ1) is 11.8. The van der Waals surface area contributed by atoms with Crippen LogP contribution in [0.1, 0.15) is 17.4 Å². The van der Waals surface area contributed by atoms with E-state index in [9.17, 15) is 4.79 Å². The van der Waals surface area contributed by atoms with E-state index in [4.69, 9.17) is 16.3 Å². The normalized spacial score (nSPS) is 10.7. The van der Waals surface area contributed by atoms with Crippen molar-refractivity contribution in [3.8, 4) is 0 Å². The summed E-state index contributed by atoms with van der Waals surface area (Å²) in [7, 11) is 0. The number of rotatable bonds is 2. The Balaban J connectivity index is 2.62. The van der Waals surface area contributed by atoms with Gasteiger partial charge in [-0.2, -0.15) is 0 Å². The van der Waals surface area contributed by atoms with E-state index in [0.29, 0.717) is 16.7 Å². The first-order chi connectivity index (χ1) is 7.63. The largest absolute Gasteiger partial charge is 0.461 e. The van der Waals surface area contributed by atoms with Gasteiger partial charge in [-0.3, -0.25) is 0 Å². The van der Waals surface area contributed by atoms with Gasteiger partial charge in [0.05, 0.1) is 15.1 Å². The highest BCUT2D eigenvalue weighted by Crippen LogP contribution is 2.34. The Labute approximate surface area is 109 Å². The molecule has 0 aromatic carbocycles. The quantitative estimate of drug-likeness (QED) is 0.797. The average Bonchev–Trinajstić information content (AvgIpc) is 2.61. The van der Waals surface area contributed by atoms with Crippen LogP contribution >= 0.6 is 38.9 Å². The molecule has 16 heavy (non-hydrogen) atoms. The van der Waals surface area contributed by atoms with Crippen LogP contribution in [0, 0.1) is 0 Å². The van der Waals surface area contributed by atoms with Gasteiger partial charge in [-0.05, 0) is 28.9 Å². The molecule has 0 aliphatic carbocycles. The van der Waals surface area contributed by atoms with Crippen molar-refractivity contribution < 1.29 is 9.53 Å². The Bertz CT molecular complexity index is 558. The van der Waals surface area contributed by atoms with Crippen molar-refractivity contribution in [3.63, 3.8) is 0 Å². The van der Waals surface area contributed by atoms with Crippen molar-refractivity contribution >= 4 is 54.9 Å². The molecule has 0 amide bonds. The molecule has 0 radical (unpaired) electrons. The van der Waals surface area contributed by atoms with Crippen molar-refractivity contribution in [2.75, 3.05) is 6.61 Å². The maximum atomic E-state index is 11.6. The fourth-order valence-electron chi connectivity index (χ4n) is 1.22. The highest BCUT2D eigenvalue weighted by Gasteiger charge is 2.18. The number of aromatic nitrogens is 2. The Morgan fingerprint density at radius 1 is 1.62 bits per heavy atom. The molecule has 2 rings (SSSR count). The Kier molecular flexibility index (Phi) is 3.41. The van der Waals surface area contributed by atoms with Crippen molar-refractivity contribution in [2.45, 2.75) is 6.92 Å². The molecule has 0 spiro atoms. The number of nitrogens with zero attached hydrogens (tertiary/aromatic N) is 2. The number of fused-ring (bicyclic) bond motifs is 1. The summed E-state index contributed by atoms with van der Waals surface area (Å²) in [5.74, 6) is -0.481. The zero-order chi connectivity index (χ0) is 11.7. The molecule has 0 fully saturated rings. The number of halogens is 2. The fourth-order valence-corrected chi connectivity index (χ4v) is 3.03. The lowest BCUT2D eigenvalue weighted by Gasteiger charge is -2.01. The number of esters is 1. The lowest BCUT2D eigenvalue weighted by atomic mass is 10.3. The molecular weight excluding hydrogens is 316 g/mol. The van der Waals surface area contributed by atoms with Crippen LogP contribution in [0.2, 0.25) is 5.15 Å². The maximum absolute atomic E-state index is 11.6. The lowest BCUT2D eigenvalue weighted by Crippen LogP contribution is -2.08. The molecule has 0 N–H and O–H groups in total. The summed E-state index contributed by atoms with van der Waals surface area (Å²) in [5.41, 5.74) is 0.206. The van der Waals surface area contributed by atoms with Crippen LogP contribution < -0.4 is 0 Å². The third-order valence-corrected chi connectivity index (χ3v) is 3.77. The summed E-state index contributed by atoms with van der Waals surface area (Å²) in [4.78, 5) is 11.6. The van der Waals surface area contributed by atoms with Crippen LogP contribution in [0.5, 0.6) is 0 Å². The second-order valence-electron chi connectivity index (χ2n) is 2.85. The van der Waals surface area contributed by atoms with Crippen LogP contribution in [0.15, 0.2) is 9.85 Å². The third-order valence-electron chi connectivity index (χ3n) is 1.85. The highest BCUT2D eigenvalue weighted by atomic mass is 79.9. The zero-order valence-corrected chi connectivity index (χ0v) is 11.3. The van der Waals surface area contributed by atoms with E-state index in [-0.39, 0.29) is 10.8 Å². The van der Waals surface area contributed by atoms with E-state index in [1.807, 2.05) is 0 Å². The molecule has 2 heterocycles. The number of carbonyl (C=O) groups excluding carboxylic acids is 1. The average molecular weight is 322 g/mol. The number of thiophene rings is 1. The summed E-state index contributed by atoms with van der Waals surface area (Å²) in [6, 6.07) is 1.81. The molecule has 0 bridgehead atoms. The standard InChI is InChI=1S/C9H6BrClN2O2S/c1-2-15-9(14)6-7-4(3-5(10)16-7)8(11)13-12-6/h3H,2H2,1H3. The minimum Gasteiger partial charge on any atom is -0.461 e. The Hall–Kier alpha value is -0.720. The van der Waals surface area contributed by atoms with Crippen molar-refractivity contribution in [3.05, 3.63) is 20.7 Å². The number of carbonyl (C=O) groups is 1. The second-order valence-corrected chi connectivity index (χ2v) is 5.64. The predicted molar refractivity (Wildman–Crippen MR) is 66.1 cm³/mol. The minimum atomic E-state index is -0.481. The molecule has 2 aromatic heterocycles. The zero-order valence-electron chi connectivity index (χ0n) is 8.16. The SMILES string of the molecule is CCOC(=O)c1nnc(Cl)c2cc(Br)sc12. The van der Waals surface area contributed by atoms with Gasteiger partial charge in [-0.15, -0.1) is 21.5 Å². The molecule has 7 heteroatoms. The maximum Gasteiger partial charge on any atom is 0.360 e. The van der Waals surface area contributed by atoms with Crippen LogP contribution in [-0.4, -0.2) is 22.8 Å². The van der Waals surface area contributed by atoms with Crippen molar-refractivity contribution in [2.24, 2.45) is 0 Å². The number of hydrogen-bond donors (Lipinski definition) is 0. The van der Waals surface area contributed by atoms with Gasteiger partial charge in [0, 0.05) is 5.39 Å². The van der Waals surface area contributed by atoms with Gasteiger partial charge in [0.2, 0.25) is 0 Å². The van der Waals surface area contributed by atoms with E-state index in [1.54, 1.807) is 13.0 Å².